The molecule has 7 heteroatoms. The van der Waals surface area contributed by atoms with Gasteiger partial charge in [-0.15, -0.1) is 0 Å². The summed E-state index contributed by atoms with van der Waals surface area (Å²) in [6.45, 7) is 1.90. The molecule has 0 fully saturated rings. The van der Waals surface area contributed by atoms with E-state index in [1.54, 1.807) is 0 Å². The number of fused-ring (bicyclic) bond motifs is 1. The van der Waals surface area contributed by atoms with Gasteiger partial charge < -0.3 is 5.32 Å². The molecule has 2 amide bonds. The molecule has 3 N–H and O–H groups in total. The standard InChI is InChI=1S/C16H20ClN5O/c1-10-12(17)5-3-6-13(10)20-21-16(23)19-14-7-4-8-15-11(14)9-18-22(15)2/h3,5-6,9,14,20H,4,7-8H2,1-2H3,(H2,19,21,23)/t14-/m1/s1. The summed E-state index contributed by atoms with van der Waals surface area (Å²) in [6.07, 6.45) is 4.81. The maximum absolute atomic E-state index is 12.2. The number of aryl methyl sites for hydroxylation is 1. The predicted octanol–water partition coefficient (Wildman–Crippen LogP) is 3.09. The fourth-order valence-corrected chi connectivity index (χ4v) is 3.09. The summed E-state index contributed by atoms with van der Waals surface area (Å²) in [5.74, 6) is 0. The molecule has 0 saturated heterocycles. The minimum atomic E-state index is -0.272. The molecule has 2 aromatic rings. The van der Waals surface area contributed by atoms with Crippen molar-refractivity contribution in [2.75, 3.05) is 5.43 Å². The molecule has 0 aliphatic heterocycles. The zero-order valence-electron chi connectivity index (χ0n) is 13.2. The van der Waals surface area contributed by atoms with Gasteiger partial charge in [-0.05, 0) is 43.9 Å². The zero-order valence-corrected chi connectivity index (χ0v) is 13.9. The summed E-state index contributed by atoms with van der Waals surface area (Å²) >= 11 is 6.07. The van der Waals surface area contributed by atoms with Crippen LogP contribution in [0.25, 0.3) is 0 Å². The van der Waals surface area contributed by atoms with E-state index in [-0.39, 0.29) is 12.1 Å². The number of urea groups is 1. The van der Waals surface area contributed by atoms with Crippen LogP contribution < -0.4 is 16.2 Å². The second kappa shape index (κ2) is 6.50. The minimum absolute atomic E-state index is 0.00490. The van der Waals surface area contributed by atoms with Crippen molar-refractivity contribution in [3.05, 3.63) is 46.2 Å². The van der Waals surface area contributed by atoms with Crippen molar-refractivity contribution >= 4 is 23.3 Å². The van der Waals surface area contributed by atoms with Gasteiger partial charge in [-0.1, -0.05) is 17.7 Å². The zero-order chi connectivity index (χ0) is 16.4. The van der Waals surface area contributed by atoms with Crippen LogP contribution in [-0.2, 0) is 13.5 Å². The van der Waals surface area contributed by atoms with Gasteiger partial charge in [-0.2, -0.15) is 5.10 Å². The molecule has 1 atom stereocenters. The van der Waals surface area contributed by atoms with Gasteiger partial charge >= 0.3 is 6.03 Å². The molecule has 122 valence electrons. The summed E-state index contributed by atoms with van der Waals surface area (Å²) in [4.78, 5) is 12.2. The summed E-state index contributed by atoms with van der Waals surface area (Å²) in [6, 6.07) is 5.23. The highest BCUT2D eigenvalue weighted by molar-refractivity contribution is 6.31. The van der Waals surface area contributed by atoms with Gasteiger partial charge in [0.15, 0.2) is 0 Å². The van der Waals surface area contributed by atoms with Crippen LogP contribution in [0.2, 0.25) is 5.02 Å². The Balaban J connectivity index is 1.61. The highest BCUT2D eigenvalue weighted by Crippen LogP contribution is 2.29. The Labute approximate surface area is 140 Å². The topological polar surface area (TPSA) is 71.0 Å². The molecule has 23 heavy (non-hydrogen) atoms. The van der Waals surface area contributed by atoms with E-state index >= 15 is 0 Å². The number of hydrogen-bond acceptors (Lipinski definition) is 3. The number of carbonyl (C=O) groups is 1. The monoisotopic (exact) mass is 333 g/mol. The first kappa shape index (κ1) is 15.7. The molecular weight excluding hydrogens is 314 g/mol. The summed E-state index contributed by atoms with van der Waals surface area (Å²) in [5, 5.41) is 7.94. The van der Waals surface area contributed by atoms with Gasteiger partial charge in [0.25, 0.3) is 0 Å². The number of amides is 2. The van der Waals surface area contributed by atoms with Crippen LogP contribution in [0.5, 0.6) is 0 Å². The van der Waals surface area contributed by atoms with Gasteiger partial charge in [-0.25, -0.2) is 4.79 Å². The molecule has 1 aromatic heterocycles. The molecule has 1 heterocycles. The highest BCUT2D eigenvalue weighted by atomic mass is 35.5. The minimum Gasteiger partial charge on any atom is -0.330 e. The average Bonchev–Trinajstić information content (AvgIpc) is 2.91. The second-order valence-corrected chi connectivity index (χ2v) is 6.16. The Morgan fingerprint density at radius 3 is 3.09 bits per heavy atom. The molecule has 0 spiro atoms. The van der Waals surface area contributed by atoms with E-state index in [0.29, 0.717) is 5.02 Å². The van der Waals surface area contributed by atoms with E-state index in [0.717, 1.165) is 36.1 Å². The SMILES string of the molecule is Cc1c(Cl)cccc1NNC(=O)N[C@@H]1CCCc2c1cnn2C. The van der Waals surface area contributed by atoms with E-state index in [4.69, 9.17) is 11.6 Å². The van der Waals surface area contributed by atoms with E-state index < -0.39 is 0 Å². The molecule has 6 nitrogen and oxygen atoms in total. The number of carbonyl (C=O) groups excluding carboxylic acids is 1. The van der Waals surface area contributed by atoms with Crippen LogP contribution in [0.1, 0.15) is 35.7 Å². The van der Waals surface area contributed by atoms with E-state index in [1.165, 1.54) is 5.69 Å². The fourth-order valence-electron chi connectivity index (χ4n) is 2.92. The van der Waals surface area contributed by atoms with Crippen molar-refractivity contribution in [2.45, 2.75) is 32.2 Å². The third-order valence-electron chi connectivity index (χ3n) is 4.26. The Hall–Kier alpha value is -2.21. The number of benzene rings is 1. The van der Waals surface area contributed by atoms with Gasteiger partial charge in [0, 0.05) is 23.3 Å². The first-order valence-corrected chi connectivity index (χ1v) is 8.02. The van der Waals surface area contributed by atoms with Crippen molar-refractivity contribution in [1.29, 1.82) is 0 Å². The van der Waals surface area contributed by atoms with Crippen molar-refractivity contribution < 1.29 is 4.79 Å². The van der Waals surface area contributed by atoms with E-state index in [2.05, 4.69) is 21.3 Å². The second-order valence-electron chi connectivity index (χ2n) is 5.75. The maximum atomic E-state index is 12.2. The van der Waals surface area contributed by atoms with Crippen LogP contribution in [0.3, 0.4) is 0 Å². The van der Waals surface area contributed by atoms with Crippen LogP contribution in [0.15, 0.2) is 24.4 Å². The number of halogens is 1. The first-order valence-electron chi connectivity index (χ1n) is 7.64. The van der Waals surface area contributed by atoms with Gasteiger partial charge in [0.2, 0.25) is 0 Å². The van der Waals surface area contributed by atoms with Crippen molar-refractivity contribution in [2.24, 2.45) is 7.05 Å². The number of rotatable bonds is 3. The Morgan fingerprint density at radius 2 is 2.26 bits per heavy atom. The molecule has 0 saturated carbocycles. The Bertz CT molecular complexity index is 727. The van der Waals surface area contributed by atoms with Crippen molar-refractivity contribution in [3.8, 4) is 0 Å². The lowest BCUT2D eigenvalue weighted by Gasteiger charge is -2.24. The van der Waals surface area contributed by atoms with Crippen molar-refractivity contribution in [1.82, 2.24) is 20.5 Å². The Kier molecular flexibility index (Phi) is 4.43. The molecule has 3 rings (SSSR count). The van der Waals surface area contributed by atoms with Gasteiger partial charge in [0.05, 0.1) is 17.9 Å². The van der Waals surface area contributed by atoms with E-state index in [9.17, 15) is 4.79 Å². The summed E-state index contributed by atoms with van der Waals surface area (Å²) in [7, 11) is 1.94. The number of aromatic nitrogens is 2. The van der Waals surface area contributed by atoms with Gasteiger partial charge in [0.1, 0.15) is 0 Å². The molecule has 0 unspecified atom stereocenters. The van der Waals surface area contributed by atoms with E-state index in [1.807, 2.05) is 43.0 Å². The van der Waals surface area contributed by atoms with Crippen LogP contribution >= 0.6 is 11.6 Å². The lowest BCUT2D eigenvalue weighted by molar-refractivity contribution is 0.237. The molecule has 1 aliphatic rings. The summed E-state index contributed by atoms with van der Waals surface area (Å²) < 4.78 is 1.88. The van der Waals surface area contributed by atoms with Crippen molar-refractivity contribution in [3.63, 3.8) is 0 Å². The summed E-state index contributed by atoms with van der Waals surface area (Å²) in [5.41, 5.74) is 9.54. The number of nitrogens with zero attached hydrogens (tertiary/aromatic N) is 2. The van der Waals surface area contributed by atoms with Crippen LogP contribution in [0.4, 0.5) is 10.5 Å². The molecule has 0 bridgehead atoms. The van der Waals surface area contributed by atoms with Crippen LogP contribution in [-0.4, -0.2) is 15.8 Å². The quantitative estimate of drug-likeness (QED) is 0.756. The molecular formula is C16H20ClN5O. The fraction of sp³-hybridized carbons (Fsp3) is 0.375. The largest absolute Gasteiger partial charge is 0.333 e. The average molecular weight is 334 g/mol. The number of anilines is 1. The molecule has 1 aromatic carbocycles. The smallest absolute Gasteiger partial charge is 0.330 e. The first-order chi connectivity index (χ1) is 11.1. The molecule has 0 radical (unpaired) electrons. The lowest BCUT2D eigenvalue weighted by atomic mass is 9.93. The number of hydrogen-bond donors (Lipinski definition) is 3. The van der Waals surface area contributed by atoms with Gasteiger partial charge in [-0.3, -0.25) is 15.5 Å². The molecule has 1 aliphatic carbocycles. The third kappa shape index (κ3) is 3.27. The number of hydrazine groups is 1. The van der Waals surface area contributed by atoms with Crippen LogP contribution in [0, 0.1) is 6.92 Å². The predicted molar refractivity (Wildman–Crippen MR) is 90.4 cm³/mol. The maximum Gasteiger partial charge on any atom is 0.333 e. The Morgan fingerprint density at radius 1 is 1.43 bits per heavy atom. The lowest BCUT2D eigenvalue weighted by Crippen LogP contribution is -2.41. The normalized spacial score (nSPS) is 16.6. The number of nitrogens with one attached hydrogen (secondary N) is 3. The highest BCUT2D eigenvalue weighted by Gasteiger charge is 2.24. The third-order valence-corrected chi connectivity index (χ3v) is 4.67.